The summed E-state index contributed by atoms with van der Waals surface area (Å²) in [5, 5.41) is 3.69. The van der Waals surface area contributed by atoms with Crippen LogP contribution in [-0.4, -0.2) is 23.8 Å². The Hall–Kier alpha value is -3.35. The molecule has 176 valence electrons. The third kappa shape index (κ3) is 7.61. The van der Waals surface area contributed by atoms with Crippen molar-refractivity contribution < 1.29 is 23.9 Å². The number of rotatable bonds is 10. The highest BCUT2D eigenvalue weighted by Crippen LogP contribution is 2.29. The molecule has 0 aromatic heterocycles. The zero-order chi connectivity index (χ0) is 24.5. The lowest BCUT2D eigenvalue weighted by Crippen LogP contribution is -2.24. The Kier molecular flexibility index (Phi) is 9.08. The van der Waals surface area contributed by atoms with Crippen molar-refractivity contribution in [3.8, 4) is 11.5 Å². The van der Waals surface area contributed by atoms with E-state index >= 15 is 0 Å². The maximum Gasteiger partial charge on any atom is 0.306 e. The molecule has 3 aromatic rings. The quantitative estimate of drug-likeness (QED) is 0.247. The van der Waals surface area contributed by atoms with Crippen molar-refractivity contribution in [1.82, 2.24) is 0 Å². The molecule has 6 nitrogen and oxygen atoms in total. The number of ketones is 1. The van der Waals surface area contributed by atoms with Gasteiger partial charge in [0.1, 0.15) is 11.5 Å². The predicted molar refractivity (Wildman–Crippen MR) is 132 cm³/mol. The van der Waals surface area contributed by atoms with Crippen molar-refractivity contribution >= 4 is 46.5 Å². The first kappa shape index (κ1) is 25.3. The largest absolute Gasteiger partial charge is 0.456 e. The summed E-state index contributed by atoms with van der Waals surface area (Å²) in [5.41, 5.74) is 0.968. The highest BCUT2D eigenvalue weighted by Gasteiger charge is 2.19. The van der Waals surface area contributed by atoms with Crippen LogP contribution >= 0.6 is 23.2 Å². The van der Waals surface area contributed by atoms with Crippen molar-refractivity contribution in [2.75, 3.05) is 5.32 Å². The zero-order valence-corrected chi connectivity index (χ0v) is 19.9. The van der Waals surface area contributed by atoms with Gasteiger partial charge in [-0.2, -0.15) is 0 Å². The number of carbonyl (C=O) groups is 3. The van der Waals surface area contributed by atoms with E-state index in [2.05, 4.69) is 5.32 Å². The zero-order valence-electron chi connectivity index (χ0n) is 18.4. The number of esters is 1. The van der Waals surface area contributed by atoms with Crippen molar-refractivity contribution in [3.63, 3.8) is 0 Å². The van der Waals surface area contributed by atoms with E-state index in [1.165, 1.54) is 13.0 Å². The number of anilines is 1. The van der Waals surface area contributed by atoms with E-state index in [-0.39, 0.29) is 31.0 Å². The normalized spacial score (nSPS) is 11.4. The van der Waals surface area contributed by atoms with Crippen LogP contribution in [0.2, 0.25) is 10.0 Å². The van der Waals surface area contributed by atoms with Gasteiger partial charge in [0.05, 0.1) is 5.02 Å². The van der Waals surface area contributed by atoms with Crippen LogP contribution in [0.4, 0.5) is 5.69 Å². The second kappa shape index (κ2) is 12.2. The predicted octanol–water partition coefficient (Wildman–Crippen LogP) is 6.71. The average Bonchev–Trinajstić information content (AvgIpc) is 2.81. The van der Waals surface area contributed by atoms with Crippen molar-refractivity contribution in [1.29, 1.82) is 0 Å². The Morgan fingerprint density at radius 1 is 0.912 bits per heavy atom. The second-order valence-electron chi connectivity index (χ2n) is 7.47. The molecular weight excluding hydrogens is 477 g/mol. The number of Topliss-reactive ketones (excluding diaryl/α,β-unsaturated/α-hetero) is 1. The summed E-state index contributed by atoms with van der Waals surface area (Å²) in [7, 11) is 0. The van der Waals surface area contributed by atoms with E-state index in [1.54, 1.807) is 54.6 Å². The fraction of sp³-hybridized carbons (Fsp3) is 0.192. The molecule has 3 aromatic carbocycles. The van der Waals surface area contributed by atoms with Crippen LogP contribution in [-0.2, 0) is 14.3 Å². The van der Waals surface area contributed by atoms with Crippen LogP contribution in [0.3, 0.4) is 0 Å². The van der Waals surface area contributed by atoms with Gasteiger partial charge in [0.25, 0.3) is 0 Å². The minimum Gasteiger partial charge on any atom is -0.456 e. The first-order valence-corrected chi connectivity index (χ1v) is 11.4. The number of hydrogen-bond donors (Lipinski definition) is 1. The smallest absolute Gasteiger partial charge is 0.306 e. The van der Waals surface area contributed by atoms with Gasteiger partial charge in [-0.25, -0.2) is 0 Å². The van der Waals surface area contributed by atoms with Crippen LogP contribution in [0.15, 0.2) is 72.8 Å². The molecule has 0 saturated heterocycles. The van der Waals surface area contributed by atoms with E-state index in [9.17, 15) is 14.4 Å². The highest BCUT2D eigenvalue weighted by atomic mass is 35.5. The molecule has 0 fully saturated rings. The number of amides is 1. The molecule has 3 rings (SSSR count). The van der Waals surface area contributed by atoms with E-state index < -0.39 is 12.1 Å². The molecule has 0 aliphatic rings. The summed E-state index contributed by atoms with van der Waals surface area (Å²) < 4.78 is 10.9. The molecule has 1 atom stereocenters. The molecule has 0 radical (unpaired) electrons. The van der Waals surface area contributed by atoms with Gasteiger partial charge < -0.3 is 14.8 Å². The molecule has 1 N–H and O–H groups in total. The topological polar surface area (TPSA) is 81.7 Å². The van der Waals surface area contributed by atoms with Crippen molar-refractivity contribution in [3.05, 3.63) is 88.4 Å². The Morgan fingerprint density at radius 2 is 1.65 bits per heavy atom. The molecular formula is C26H23Cl2NO5. The standard InChI is InChI=1S/C26H23Cl2NO5/c1-17(26(32)18-6-4-7-19(27)16-18)33-25(31)11-5-10-24(30)29-20-12-14-21(15-13-20)34-23-9-3-2-8-22(23)28/h2-4,6-9,12-17H,5,10-11H2,1H3,(H,29,30). The number of carbonyl (C=O) groups excluding carboxylic acids is 3. The first-order valence-electron chi connectivity index (χ1n) is 10.6. The van der Waals surface area contributed by atoms with Crippen molar-refractivity contribution in [2.45, 2.75) is 32.3 Å². The molecule has 1 unspecified atom stereocenters. The summed E-state index contributed by atoms with van der Waals surface area (Å²) in [5.74, 6) is -0.00496. The maximum atomic E-state index is 12.3. The third-order valence-corrected chi connectivity index (χ3v) is 5.32. The van der Waals surface area contributed by atoms with Gasteiger partial charge in [0.2, 0.25) is 11.7 Å². The fourth-order valence-electron chi connectivity index (χ4n) is 3.06. The Labute approximate surface area is 207 Å². The lowest BCUT2D eigenvalue weighted by molar-refractivity contribution is -0.146. The maximum absolute atomic E-state index is 12.3. The van der Waals surface area contributed by atoms with Crippen molar-refractivity contribution in [2.24, 2.45) is 0 Å². The van der Waals surface area contributed by atoms with Crippen LogP contribution in [0, 0.1) is 0 Å². The number of benzene rings is 3. The Morgan fingerprint density at radius 3 is 2.35 bits per heavy atom. The second-order valence-corrected chi connectivity index (χ2v) is 8.31. The molecule has 0 saturated carbocycles. The fourth-order valence-corrected chi connectivity index (χ4v) is 3.43. The van der Waals surface area contributed by atoms with E-state index in [4.69, 9.17) is 32.7 Å². The minimum absolute atomic E-state index is 0.0190. The van der Waals surface area contributed by atoms with Gasteiger partial charge in [-0.15, -0.1) is 0 Å². The van der Waals surface area contributed by atoms with E-state index in [0.29, 0.717) is 32.8 Å². The van der Waals surface area contributed by atoms with Gasteiger partial charge in [-0.1, -0.05) is 47.5 Å². The SMILES string of the molecule is CC(OC(=O)CCCC(=O)Nc1ccc(Oc2ccccc2Cl)cc1)C(=O)c1cccc(Cl)c1. The van der Waals surface area contributed by atoms with Crippen LogP contribution < -0.4 is 10.1 Å². The highest BCUT2D eigenvalue weighted by molar-refractivity contribution is 6.32. The molecule has 0 spiro atoms. The summed E-state index contributed by atoms with van der Waals surface area (Å²) in [4.78, 5) is 36.6. The minimum atomic E-state index is -0.939. The van der Waals surface area contributed by atoms with Crippen LogP contribution in [0.25, 0.3) is 0 Å². The Bertz CT molecular complexity index is 1160. The average molecular weight is 500 g/mol. The summed E-state index contributed by atoms with van der Waals surface area (Å²) in [6.45, 7) is 1.51. The van der Waals surface area contributed by atoms with Crippen LogP contribution in [0.5, 0.6) is 11.5 Å². The summed E-state index contributed by atoms with van der Waals surface area (Å²) in [6.07, 6.45) is -0.503. The molecule has 0 heterocycles. The molecule has 0 aliphatic carbocycles. The van der Waals surface area contributed by atoms with Gasteiger partial charge in [0, 0.05) is 29.1 Å². The van der Waals surface area contributed by atoms with Gasteiger partial charge in [0.15, 0.2) is 6.10 Å². The van der Waals surface area contributed by atoms with Gasteiger partial charge in [-0.05, 0) is 61.9 Å². The number of para-hydroxylation sites is 1. The third-order valence-electron chi connectivity index (χ3n) is 4.77. The monoisotopic (exact) mass is 499 g/mol. The lowest BCUT2D eigenvalue weighted by Gasteiger charge is -2.12. The number of halogens is 2. The molecule has 0 aliphatic heterocycles. The van der Waals surface area contributed by atoms with Gasteiger partial charge >= 0.3 is 5.97 Å². The van der Waals surface area contributed by atoms with Crippen LogP contribution in [0.1, 0.15) is 36.5 Å². The summed E-state index contributed by atoms with van der Waals surface area (Å²) in [6, 6.07) is 20.4. The lowest BCUT2D eigenvalue weighted by atomic mass is 10.1. The van der Waals surface area contributed by atoms with E-state index in [0.717, 1.165) is 0 Å². The van der Waals surface area contributed by atoms with Gasteiger partial charge in [-0.3, -0.25) is 14.4 Å². The Balaban J connectivity index is 1.39. The first-order chi connectivity index (χ1) is 16.3. The number of ether oxygens (including phenoxy) is 2. The molecule has 1 amide bonds. The molecule has 0 bridgehead atoms. The summed E-state index contributed by atoms with van der Waals surface area (Å²) >= 11 is 12.0. The number of hydrogen-bond acceptors (Lipinski definition) is 5. The molecule has 34 heavy (non-hydrogen) atoms. The molecule has 8 heteroatoms. The van der Waals surface area contributed by atoms with E-state index in [1.807, 2.05) is 12.1 Å². The number of nitrogens with one attached hydrogen (secondary N) is 1.